The molecule has 1 aliphatic rings. The Labute approximate surface area is 201 Å². The zero-order valence-corrected chi connectivity index (χ0v) is 19.6. The number of hydrogen-bond acceptors (Lipinski definition) is 6. The maximum atomic E-state index is 13.3. The van der Waals surface area contributed by atoms with Gasteiger partial charge in [0.05, 0.1) is 25.5 Å². The molecule has 35 heavy (non-hydrogen) atoms. The van der Waals surface area contributed by atoms with Crippen molar-refractivity contribution < 1.29 is 28.7 Å². The van der Waals surface area contributed by atoms with Crippen molar-refractivity contribution in [2.75, 3.05) is 19.1 Å². The van der Waals surface area contributed by atoms with E-state index in [1.54, 1.807) is 48.5 Å². The average Bonchev–Trinajstić information content (AvgIpc) is 3.14. The van der Waals surface area contributed by atoms with Crippen molar-refractivity contribution in [3.8, 4) is 11.4 Å². The second-order valence-corrected chi connectivity index (χ2v) is 7.83. The molecule has 3 aromatic rings. The smallest absolute Gasteiger partial charge is 0.337 e. The number of methoxy groups -OCH3 is 2. The van der Waals surface area contributed by atoms with Crippen molar-refractivity contribution in [3.05, 3.63) is 82.7 Å². The van der Waals surface area contributed by atoms with E-state index in [1.165, 1.54) is 20.3 Å². The van der Waals surface area contributed by atoms with E-state index in [0.717, 1.165) is 22.0 Å². The summed E-state index contributed by atoms with van der Waals surface area (Å²) in [4.78, 5) is 51.1. The van der Waals surface area contributed by atoms with Crippen LogP contribution in [0, 0.1) is 13.8 Å². The highest BCUT2D eigenvalue weighted by atomic mass is 16.5. The van der Waals surface area contributed by atoms with Gasteiger partial charge < -0.3 is 14.0 Å². The van der Waals surface area contributed by atoms with Crippen molar-refractivity contribution in [1.29, 1.82) is 0 Å². The Bertz CT molecular complexity index is 1380. The van der Waals surface area contributed by atoms with Crippen LogP contribution in [-0.2, 0) is 14.3 Å². The summed E-state index contributed by atoms with van der Waals surface area (Å²) in [5, 5.41) is 2.23. The number of aromatic nitrogens is 1. The van der Waals surface area contributed by atoms with Crippen LogP contribution in [0.3, 0.4) is 0 Å². The molecule has 9 nitrogen and oxygen atoms in total. The van der Waals surface area contributed by atoms with Gasteiger partial charge >= 0.3 is 12.0 Å². The number of imide groups is 2. The molecule has 2 heterocycles. The van der Waals surface area contributed by atoms with Gasteiger partial charge in [-0.2, -0.15) is 0 Å². The van der Waals surface area contributed by atoms with Crippen LogP contribution in [0.5, 0.6) is 5.75 Å². The van der Waals surface area contributed by atoms with Gasteiger partial charge in [-0.15, -0.1) is 0 Å². The highest BCUT2D eigenvalue weighted by Crippen LogP contribution is 2.31. The molecule has 0 atom stereocenters. The number of hydrogen-bond donors (Lipinski definition) is 1. The van der Waals surface area contributed by atoms with Gasteiger partial charge in [-0.3, -0.25) is 14.9 Å². The van der Waals surface area contributed by atoms with Crippen LogP contribution in [0.15, 0.2) is 60.2 Å². The Hall–Kier alpha value is -4.66. The number of barbiturate groups is 1. The second-order valence-electron chi connectivity index (χ2n) is 7.83. The van der Waals surface area contributed by atoms with Crippen molar-refractivity contribution >= 4 is 35.6 Å². The number of para-hydroxylation sites is 2. The van der Waals surface area contributed by atoms with E-state index in [1.807, 2.05) is 24.5 Å². The number of carbonyl (C=O) groups is 4. The van der Waals surface area contributed by atoms with Crippen molar-refractivity contribution in [2.24, 2.45) is 0 Å². The highest BCUT2D eigenvalue weighted by molar-refractivity contribution is 6.39. The fourth-order valence-electron chi connectivity index (χ4n) is 4.04. The second kappa shape index (κ2) is 9.30. The van der Waals surface area contributed by atoms with Crippen LogP contribution in [0.1, 0.15) is 27.3 Å². The average molecular weight is 473 g/mol. The molecule has 0 unspecified atom stereocenters. The molecule has 4 amide bonds. The quantitative estimate of drug-likeness (QED) is 0.345. The maximum Gasteiger partial charge on any atom is 0.337 e. The first-order valence-electron chi connectivity index (χ1n) is 10.7. The van der Waals surface area contributed by atoms with Crippen LogP contribution >= 0.6 is 0 Å². The Balaban J connectivity index is 1.73. The molecule has 0 spiro atoms. The highest BCUT2D eigenvalue weighted by Gasteiger charge is 2.38. The summed E-state index contributed by atoms with van der Waals surface area (Å²) in [6.45, 7) is 3.73. The van der Waals surface area contributed by atoms with E-state index in [0.29, 0.717) is 16.9 Å². The largest absolute Gasteiger partial charge is 0.495 e. The molecule has 0 radical (unpaired) electrons. The first-order valence-corrected chi connectivity index (χ1v) is 10.7. The third-order valence-electron chi connectivity index (χ3n) is 5.74. The number of benzene rings is 2. The van der Waals surface area contributed by atoms with Gasteiger partial charge in [0.15, 0.2) is 0 Å². The molecule has 1 fully saturated rings. The third-order valence-corrected chi connectivity index (χ3v) is 5.74. The summed E-state index contributed by atoms with van der Waals surface area (Å²) in [5.41, 5.74) is 3.51. The summed E-state index contributed by atoms with van der Waals surface area (Å²) >= 11 is 0. The van der Waals surface area contributed by atoms with Gasteiger partial charge in [0.25, 0.3) is 11.8 Å². The molecule has 178 valence electrons. The Morgan fingerprint density at radius 2 is 1.66 bits per heavy atom. The molecule has 1 N–H and O–H groups in total. The lowest BCUT2D eigenvalue weighted by Gasteiger charge is -2.27. The molecule has 2 aromatic carbocycles. The molecule has 0 saturated carbocycles. The first kappa shape index (κ1) is 23.5. The van der Waals surface area contributed by atoms with E-state index < -0.39 is 23.8 Å². The monoisotopic (exact) mass is 473 g/mol. The summed E-state index contributed by atoms with van der Waals surface area (Å²) < 4.78 is 12.0. The van der Waals surface area contributed by atoms with Gasteiger partial charge in [0.1, 0.15) is 11.3 Å². The zero-order valence-electron chi connectivity index (χ0n) is 19.6. The van der Waals surface area contributed by atoms with Gasteiger partial charge in [-0.25, -0.2) is 14.5 Å². The minimum atomic E-state index is -0.849. The summed E-state index contributed by atoms with van der Waals surface area (Å²) in [6, 6.07) is 14.4. The molecular weight excluding hydrogens is 450 g/mol. The van der Waals surface area contributed by atoms with E-state index in [4.69, 9.17) is 9.47 Å². The summed E-state index contributed by atoms with van der Waals surface area (Å²) in [5.74, 6) is -1.65. The fraction of sp³-hybridized carbons (Fsp3) is 0.154. The lowest BCUT2D eigenvalue weighted by atomic mass is 10.1. The van der Waals surface area contributed by atoms with Crippen molar-refractivity contribution in [1.82, 2.24) is 9.88 Å². The number of rotatable bonds is 5. The van der Waals surface area contributed by atoms with Gasteiger partial charge in [0, 0.05) is 17.1 Å². The summed E-state index contributed by atoms with van der Waals surface area (Å²) in [7, 11) is 2.75. The lowest BCUT2D eigenvalue weighted by molar-refractivity contribution is -0.122. The Morgan fingerprint density at radius 3 is 2.31 bits per heavy atom. The number of esters is 1. The van der Waals surface area contributed by atoms with Crippen LogP contribution in [0.4, 0.5) is 10.5 Å². The molecule has 9 heteroatoms. The van der Waals surface area contributed by atoms with Crippen LogP contribution in [-0.4, -0.2) is 42.6 Å². The van der Waals surface area contributed by atoms with E-state index in [9.17, 15) is 19.2 Å². The molecule has 0 aliphatic carbocycles. The van der Waals surface area contributed by atoms with Crippen LogP contribution < -0.4 is 15.0 Å². The standard InChI is InChI=1S/C26H23N3O6/c1-15-13-18(16(2)28(15)19-11-9-17(10-12-19)25(32)35-4)14-20-23(30)27-26(33)29(24(20)31)21-7-5-6-8-22(21)34-3/h5-14H,1-4H3,(H,27,30,33)/b20-14-. The lowest BCUT2D eigenvalue weighted by Crippen LogP contribution is -2.54. The van der Waals surface area contributed by atoms with Crippen LogP contribution in [0.25, 0.3) is 11.8 Å². The Morgan fingerprint density at radius 1 is 0.971 bits per heavy atom. The topological polar surface area (TPSA) is 107 Å². The molecule has 1 saturated heterocycles. The minimum Gasteiger partial charge on any atom is -0.495 e. The zero-order chi connectivity index (χ0) is 25.3. The number of aryl methyl sites for hydroxylation is 1. The number of nitrogens with zero attached hydrogens (tertiary/aromatic N) is 2. The third kappa shape index (κ3) is 4.19. The van der Waals surface area contributed by atoms with E-state index in [2.05, 4.69) is 5.32 Å². The maximum absolute atomic E-state index is 13.3. The van der Waals surface area contributed by atoms with Gasteiger partial charge in [-0.1, -0.05) is 12.1 Å². The molecule has 1 aromatic heterocycles. The fourth-order valence-corrected chi connectivity index (χ4v) is 4.04. The predicted octanol–water partition coefficient (Wildman–Crippen LogP) is 3.56. The normalized spacial score (nSPS) is 14.8. The predicted molar refractivity (Wildman–Crippen MR) is 129 cm³/mol. The Kier molecular flexibility index (Phi) is 6.24. The number of anilines is 1. The number of carbonyl (C=O) groups excluding carboxylic acids is 4. The summed E-state index contributed by atoms with van der Waals surface area (Å²) in [6.07, 6.45) is 1.47. The van der Waals surface area contributed by atoms with E-state index in [-0.39, 0.29) is 11.3 Å². The van der Waals surface area contributed by atoms with E-state index >= 15 is 0 Å². The van der Waals surface area contributed by atoms with Crippen molar-refractivity contribution in [3.63, 3.8) is 0 Å². The molecule has 1 aliphatic heterocycles. The first-order chi connectivity index (χ1) is 16.8. The molecular formula is C26H23N3O6. The number of urea groups is 1. The number of nitrogens with one attached hydrogen (secondary N) is 1. The number of amides is 4. The molecule has 4 rings (SSSR count). The van der Waals surface area contributed by atoms with Gasteiger partial charge in [0.2, 0.25) is 0 Å². The van der Waals surface area contributed by atoms with Crippen molar-refractivity contribution in [2.45, 2.75) is 13.8 Å². The molecule has 0 bridgehead atoms. The van der Waals surface area contributed by atoms with Crippen LogP contribution in [0.2, 0.25) is 0 Å². The number of ether oxygens (including phenoxy) is 2. The van der Waals surface area contributed by atoms with Gasteiger partial charge in [-0.05, 0) is 68.0 Å². The minimum absolute atomic E-state index is 0.184. The SMILES string of the molecule is COC(=O)c1ccc(-n2c(C)cc(/C=C3/C(=O)NC(=O)N(c4ccccc4OC)C3=O)c2C)cc1.